The summed E-state index contributed by atoms with van der Waals surface area (Å²) in [6.07, 6.45) is 0. The molecule has 0 saturated heterocycles. The molecule has 0 aromatic heterocycles. The molecule has 0 unspecified atom stereocenters. The molecule has 4 rings (SSSR count). The Hall–Kier alpha value is -4.25. The molecular formula is C29H21NO2S. The van der Waals surface area contributed by atoms with Crippen LogP contribution in [0.5, 0.6) is 0 Å². The van der Waals surface area contributed by atoms with Gasteiger partial charge in [-0.2, -0.15) is 4.31 Å². The van der Waals surface area contributed by atoms with Gasteiger partial charge in [-0.3, -0.25) is 0 Å². The van der Waals surface area contributed by atoms with Crippen molar-refractivity contribution in [2.45, 2.75) is 11.8 Å². The number of hydrogen-bond acceptors (Lipinski definition) is 2. The van der Waals surface area contributed by atoms with Gasteiger partial charge in [0.2, 0.25) is 0 Å². The lowest BCUT2D eigenvalue weighted by atomic mass is 10.1. The number of rotatable bonds is 3. The normalized spacial score (nSPS) is 10.3. The third kappa shape index (κ3) is 5.33. The fourth-order valence-corrected chi connectivity index (χ4v) is 4.39. The van der Waals surface area contributed by atoms with E-state index in [2.05, 4.69) is 23.8 Å². The van der Waals surface area contributed by atoms with Crippen LogP contribution in [-0.4, -0.2) is 8.42 Å². The van der Waals surface area contributed by atoms with E-state index in [9.17, 15) is 8.42 Å². The van der Waals surface area contributed by atoms with Crippen LogP contribution in [0.4, 0.5) is 5.69 Å². The van der Waals surface area contributed by atoms with E-state index >= 15 is 0 Å². The first-order valence-electron chi connectivity index (χ1n) is 10.4. The summed E-state index contributed by atoms with van der Waals surface area (Å²) < 4.78 is 28.5. The van der Waals surface area contributed by atoms with E-state index in [4.69, 9.17) is 0 Å². The van der Waals surface area contributed by atoms with Crippen molar-refractivity contribution in [2.24, 2.45) is 0 Å². The molecule has 0 radical (unpaired) electrons. The summed E-state index contributed by atoms with van der Waals surface area (Å²) in [4.78, 5) is 0.168. The number of hydrogen-bond donors (Lipinski definition) is 0. The molecule has 4 heteroatoms. The average molecular weight is 448 g/mol. The van der Waals surface area contributed by atoms with Crippen molar-refractivity contribution in [3.05, 3.63) is 131 Å². The van der Waals surface area contributed by atoms with Crippen molar-refractivity contribution < 1.29 is 8.42 Å². The average Bonchev–Trinajstić information content (AvgIpc) is 2.85. The Morgan fingerprint density at radius 1 is 0.606 bits per heavy atom. The number of nitrogens with zero attached hydrogens (tertiary/aromatic N) is 1. The summed E-state index contributed by atoms with van der Waals surface area (Å²) >= 11 is 0. The van der Waals surface area contributed by atoms with Crippen LogP contribution in [0.25, 0.3) is 0 Å². The highest BCUT2D eigenvalue weighted by molar-refractivity contribution is 7.93. The second kappa shape index (κ2) is 9.92. The smallest absolute Gasteiger partial charge is 0.200 e. The fourth-order valence-electron chi connectivity index (χ4n) is 3.12. The lowest BCUT2D eigenvalue weighted by Crippen LogP contribution is -2.27. The minimum atomic E-state index is -3.95. The number of para-hydroxylation sites is 1. The van der Waals surface area contributed by atoms with Gasteiger partial charge in [-0.1, -0.05) is 78.1 Å². The number of benzene rings is 4. The van der Waals surface area contributed by atoms with Crippen LogP contribution in [0.3, 0.4) is 0 Å². The molecule has 3 nitrogen and oxygen atoms in total. The van der Waals surface area contributed by atoms with Crippen LogP contribution < -0.4 is 4.31 Å². The Balaban J connectivity index is 1.85. The summed E-state index contributed by atoms with van der Waals surface area (Å²) in [5.41, 5.74) is 3.51. The Morgan fingerprint density at radius 2 is 1.15 bits per heavy atom. The molecule has 0 fully saturated rings. The van der Waals surface area contributed by atoms with Crippen molar-refractivity contribution in [3.63, 3.8) is 0 Å². The summed E-state index contributed by atoms with van der Waals surface area (Å²) in [6.45, 7) is 1.91. The van der Waals surface area contributed by atoms with Crippen molar-refractivity contribution in [1.82, 2.24) is 0 Å². The predicted octanol–water partition coefficient (Wildman–Crippen LogP) is 5.60. The first-order chi connectivity index (χ1) is 16.0. The van der Waals surface area contributed by atoms with Crippen LogP contribution in [0.15, 0.2) is 114 Å². The lowest BCUT2D eigenvalue weighted by molar-refractivity contribution is 0.596. The van der Waals surface area contributed by atoms with E-state index in [0.29, 0.717) is 11.3 Å². The third-order valence-electron chi connectivity index (χ3n) is 4.87. The van der Waals surface area contributed by atoms with E-state index in [-0.39, 0.29) is 4.90 Å². The molecule has 0 N–H and O–H groups in total. The SMILES string of the molecule is Cc1ccc(S(=O)(=O)N(C#Cc2ccccc2)c2ccccc2C#Cc2ccccc2)cc1. The van der Waals surface area contributed by atoms with Crippen molar-refractivity contribution in [3.8, 4) is 23.8 Å². The van der Waals surface area contributed by atoms with Crippen LogP contribution in [-0.2, 0) is 10.0 Å². The maximum absolute atomic E-state index is 13.7. The fraction of sp³-hybridized carbons (Fsp3) is 0.0345. The van der Waals surface area contributed by atoms with Crippen LogP contribution in [0.2, 0.25) is 0 Å². The van der Waals surface area contributed by atoms with Gasteiger partial charge in [-0.15, -0.1) is 0 Å². The molecule has 0 heterocycles. The molecule has 0 spiro atoms. The van der Waals surface area contributed by atoms with E-state index in [1.54, 1.807) is 42.5 Å². The monoisotopic (exact) mass is 447 g/mol. The first-order valence-corrected chi connectivity index (χ1v) is 11.8. The Morgan fingerprint density at radius 3 is 1.79 bits per heavy atom. The number of aryl methyl sites for hydroxylation is 1. The highest BCUT2D eigenvalue weighted by Gasteiger charge is 2.25. The van der Waals surface area contributed by atoms with Gasteiger partial charge in [0.25, 0.3) is 10.0 Å². The molecular weight excluding hydrogens is 426 g/mol. The molecule has 0 aliphatic carbocycles. The minimum absolute atomic E-state index is 0.168. The second-order valence-electron chi connectivity index (χ2n) is 7.32. The molecule has 0 bridgehead atoms. The quantitative estimate of drug-likeness (QED) is 0.303. The highest BCUT2D eigenvalue weighted by Crippen LogP contribution is 2.26. The summed E-state index contributed by atoms with van der Waals surface area (Å²) in [5.74, 6) is 9.21. The maximum atomic E-state index is 13.7. The molecule has 0 amide bonds. The van der Waals surface area contributed by atoms with Gasteiger partial charge in [0.05, 0.1) is 16.1 Å². The summed E-state index contributed by atoms with van der Waals surface area (Å²) in [5, 5.41) is 0. The highest BCUT2D eigenvalue weighted by atomic mass is 32.2. The molecule has 33 heavy (non-hydrogen) atoms. The Labute approximate surface area is 195 Å². The van der Waals surface area contributed by atoms with Gasteiger partial charge in [-0.25, -0.2) is 8.42 Å². The molecule has 4 aromatic rings. The zero-order chi connectivity index (χ0) is 23.1. The third-order valence-corrected chi connectivity index (χ3v) is 6.51. The van der Waals surface area contributed by atoms with E-state index in [1.807, 2.05) is 73.7 Å². The standard InChI is InChI=1S/C29H21NO2S/c1-24-16-20-28(21-17-24)33(31,32)30(23-22-26-12-6-3-7-13-26)29-15-9-8-14-27(29)19-18-25-10-4-2-5-11-25/h2-17,20-21H,1H3. The van der Waals surface area contributed by atoms with Gasteiger partial charge in [0.1, 0.15) is 0 Å². The van der Waals surface area contributed by atoms with Crippen LogP contribution in [0.1, 0.15) is 22.3 Å². The van der Waals surface area contributed by atoms with E-state index < -0.39 is 10.0 Å². The maximum Gasteiger partial charge on any atom is 0.275 e. The van der Waals surface area contributed by atoms with Crippen LogP contribution in [0, 0.1) is 30.7 Å². The number of sulfonamides is 1. The van der Waals surface area contributed by atoms with Crippen molar-refractivity contribution in [2.75, 3.05) is 4.31 Å². The molecule has 0 atom stereocenters. The molecule has 160 valence electrons. The lowest BCUT2D eigenvalue weighted by Gasteiger charge is -2.19. The zero-order valence-corrected chi connectivity index (χ0v) is 18.9. The minimum Gasteiger partial charge on any atom is -0.200 e. The van der Waals surface area contributed by atoms with Gasteiger partial charge in [0.15, 0.2) is 0 Å². The number of anilines is 1. The zero-order valence-electron chi connectivity index (χ0n) is 18.1. The van der Waals surface area contributed by atoms with Crippen molar-refractivity contribution in [1.29, 1.82) is 0 Å². The van der Waals surface area contributed by atoms with Gasteiger partial charge >= 0.3 is 0 Å². The van der Waals surface area contributed by atoms with E-state index in [0.717, 1.165) is 21.0 Å². The Bertz CT molecular complexity index is 1470. The summed E-state index contributed by atoms with van der Waals surface area (Å²) in [6, 6.07) is 35.6. The predicted molar refractivity (Wildman–Crippen MR) is 133 cm³/mol. The topological polar surface area (TPSA) is 37.4 Å². The first kappa shape index (κ1) is 22.0. The van der Waals surface area contributed by atoms with Gasteiger partial charge in [0, 0.05) is 17.2 Å². The summed E-state index contributed by atoms with van der Waals surface area (Å²) in [7, 11) is -3.95. The second-order valence-corrected chi connectivity index (χ2v) is 9.11. The largest absolute Gasteiger partial charge is 0.275 e. The van der Waals surface area contributed by atoms with Crippen LogP contribution >= 0.6 is 0 Å². The van der Waals surface area contributed by atoms with Gasteiger partial charge < -0.3 is 0 Å². The molecule has 0 aliphatic rings. The van der Waals surface area contributed by atoms with Gasteiger partial charge in [-0.05, 0) is 61.4 Å². The van der Waals surface area contributed by atoms with Crippen molar-refractivity contribution >= 4 is 15.7 Å². The molecule has 4 aromatic carbocycles. The molecule has 0 saturated carbocycles. The Kier molecular flexibility index (Phi) is 6.60. The molecule has 0 aliphatic heterocycles. The van der Waals surface area contributed by atoms with E-state index in [1.165, 1.54) is 0 Å².